The van der Waals surface area contributed by atoms with E-state index < -0.39 is 0 Å². The van der Waals surface area contributed by atoms with Gasteiger partial charge in [-0.25, -0.2) is 0 Å². The highest BCUT2D eigenvalue weighted by Crippen LogP contribution is 2.25. The molecule has 0 spiro atoms. The highest BCUT2D eigenvalue weighted by Gasteiger charge is 2.32. The average Bonchev–Trinajstić information content (AvgIpc) is 3.09. The number of carbonyl (C=O) groups excluding carboxylic acids is 1. The van der Waals surface area contributed by atoms with Gasteiger partial charge in [0, 0.05) is 13.0 Å². The Kier molecular flexibility index (Phi) is 4.62. The quantitative estimate of drug-likeness (QED) is 0.758. The van der Waals surface area contributed by atoms with Crippen molar-refractivity contribution in [1.29, 1.82) is 0 Å². The Morgan fingerprint density at radius 3 is 2.56 bits per heavy atom. The smallest absolute Gasteiger partial charge is 0.246 e. The number of carbonyl (C=O) groups is 1. The minimum absolute atomic E-state index is 0.0787. The van der Waals surface area contributed by atoms with Crippen LogP contribution < -0.4 is 0 Å². The van der Waals surface area contributed by atoms with Gasteiger partial charge >= 0.3 is 0 Å². The second kappa shape index (κ2) is 7.23. The van der Waals surface area contributed by atoms with Gasteiger partial charge in [0.2, 0.25) is 5.91 Å². The predicted molar refractivity (Wildman–Crippen MR) is 101 cm³/mol. The zero-order chi connectivity index (χ0) is 18.8. The summed E-state index contributed by atoms with van der Waals surface area (Å²) in [5.74, 6) is 1.96. The number of rotatable bonds is 5. The van der Waals surface area contributed by atoms with E-state index >= 15 is 0 Å². The highest BCUT2D eigenvalue weighted by atomic mass is 16.3. The monoisotopic (exact) mass is 362 g/mol. The fraction of sp³-hybridized carbons (Fsp3) is 0.286. The van der Waals surface area contributed by atoms with E-state index in [1.54, 1.807) is 12.1 Å². The number of hydrogen-bond acceptors (Lipinski definition) is 4. The van der Waals surface area contributed by atoms with Crippen molar-refractivity contribution in [3.63, 3.8) is 0 Å². The molecule has 1 aromatic heterocycles. The van der Waals surface area contributed by atoms with E-state index in [2.05, 4.69) is 10.2 Å². The van der Waals surface area contributed by atoms with Gasteiger partial charge in [-0.1, -0.05) is 48.5 Å². The number of phenols is 1. The third kappa shape index (κ3) is 3.43. The molecule has 0 saturated heterocycles. The number of nitrogens with zero attached hydrogens (tertiary/aromatic N) is 4. The third-order valence-electron chi connectivity index (χ3n) is 5.05. The van der Waals surface area contributed by atoms with Gasteiger partial charge in [0.25, 0.3) is 0 Å². The molecule has 0 radical (unpaired) electrons. The summed E-state index contributed by atoms with van der Waals surface area (Å²) in [5.41, 5.74) is 1.97. The number of para-hydroxylation sites is 1. The van der Waals surface area contributed by atoms with Crippen LogP contribution in [0, 0.1) is 0 Å². The molecule has 0 fully saturated rings. The van der Waals surface area contributed by atoms with Crippen LogP contribution in [0.1, 0.15) is 35.7 Å². The number of aromatic hydroxyl groups is 1. The second-order valence-electron chi connectivity index (χ2n) is 6.89. The third-order valence-corrected chi connectivity index (χ3v) is 5.05. The summed E-state index contributed by atoms with van der Waals surface area (Å²) in [6.45, 7) is 2.93. The number of amides is 1. The summed E-state index contributed by atoms with van der Waals surface area (Å²) in [6.07, 6.45) is 1.28. The van der Waals surface area contributed by atoms with Gasteiger partial charge in [0.15, 0.2) is 5.82 Å². The molecule has 1 aliphatic heterocycles. The van der Waals surface area contributed by atoms with E-state index in [1.165, 1.54) is 0 Å². The van der Waals surface area contributed by atoms with Gasteiger partial charge in [-0.05, 0) is 30.5 Å². The fourth-order valence-corrected chi connectivity index (χ4v) is 3.62. The summed E-state index contributed by atoms with van der Waals surface area (Å²) < 4.78 is 1.95. The largest absolute Gasteiger partial charge is 0.508 e. The van der Waals surface area contributed by atoms with Crippen LogP contribution in [0.3, 0.4) is 0 Å². The van der Waals surface area contributed by atoms with Crippen molar-refractivity contribution in [3.8, 4) is 5.75 Å². The van der Waals surface area contributed by atoms with Crippen LogP contribution >= 0.6 is 0 Å². The van der Waals surface area contributed by atoms with E-state index in [9.17, 15) is 9.90 Å². The molecule has 27 heavy (non-hydrogen) atoms. The first-order valence-corrected chi connectivity index (χ1v) is 9.15. The Bertz CT molecular complexity index is 952. The molecule has 1 amide bonds. The normalized spacial score (nSPS) is 16.4. The van der Waals surface area contributed by atoms with Crippen molar-refractivity contribution < 1.29 is 9.90 Å². The van der Waals surface area contributed by atoms with Gasteiger partial charge in [-0.3, -0.25) is 4.79 Å². The molecule has 3 aromatic rings. The lowest BCUT2D eigenvalue weighted by Gasteiger charge is -2.32. The van der Waals surface area contributed by atoms with Gasteiger partial charge in [0.05, 0.1) is 6.54 Å². The van der Waals surface area contributed by atoms with Crippen LogP contribution in [0.5, 0.6) is 5.75 Å². The number of hydrogen-bond donors (Lipinski definition) is 1. The molecular weight excluding hydrogens is 340 g/mol. The van der Waals surface area contributed by atoms with Gasteiger partial charge in [0.1, 0.15) is 17.6 Å². The van der Waals surface area contributed by atoms with Gasteiger partial charge < -0.3 is 14.6 Å². The lowest BCUT2D eigenvalue weighted by atomic mass is 10.1. The topological polar surface area (TPSA) is 71.2 Å². The van der Waals surface area contributed by atoms with Crippen LogP contribution in [-0.4, -0.2) is 30.7 Å². The minimum atomic E-state index is -0.327. The molecule has 0 aliphatic carbocycles. The molecule has 1 N–H and O–H groups in total. The molecule has 0 unspecified atom stereocenters. The summed E-state index contributed by atoms with van der Waals surface area (Å²) in [7, 11) is 0. The highest BCUT2D eigenvalue weighted by molar-refractivity contribution is 5.81. The fourth-order valence-electron chi connectivity index (χ4n) is 3.62. The van der Waals surface area contributed by atoms with E-state index in [1.807, 2.05) is 58.9 Å². The SMILES string of the molecule is C[C@@H]1C(=O)N(Cc2ccccc2)Cc2nnc(CCc3ccccc3O)n21. The first-order chi connectivity index (χ1) is 13.1. The summed E-state index contributed by atoms with van der Waals surface area (Å²) >= 11 is 0. The number of phenolic OH excluding ortho intramolecular Hbond substituents is 1. The maximum atomic E-state index is 12.9. The maximum Gasteiger partial charge on any atom is 0.246 e. The lowest BCUT2D eigenvalue weighted by molar-refractivity contribution is -0.137. The first kappa shape index (κ1) is 17.3. The Labute approximate surface area is 158 Å². The second-order valence-corrected chi connectivity index (χ2v) is 6.89. The number of fused-ring (bicyclic) bond motifs is 1. The predicted octanol–water partition coefficient (Wildman–Crippen LogP) is 2.87. The molecule has 1 atom stereocenters. The van der Waals surface area contributed by atoms with Crippen LogP contribution in [0.2, 0.25) is 0 Å². The summed E-state index contributed by atoms with van der Waals surface area (Å²) in [4.78, 5) is 14.7. The first-order valence-electron chi connectivity index (χ1n) is 9.15. The van der Waals surface area contributed by atoms with Crippen molar-refractivity contribution >= 4 is 5.91 Å². The molecule has 0 saturated carbocycles. The average molecular weight is 362 g/mol. The number of aryl methyl sites for hydroxylation is 2. The lowest BCUT2D eigenvalue weighted by Crippen LogP contribution is -2.41. The molecule has 2 aromatic carbocycles. The molecule has 6 heteroatoms. The number of benzene rings is 2. The standard InChI is InChI=1S/C21H22N4O2/c1-15-21(27)24(13-16-7-3-2-4-8-16)14-20-23-22-19(25(15)20)12-11-17-9-5-6-10-18(17)26/h2-10,15,26H,11-14H2,1H3/t15-/m1/s1. The molecule has 0 bridgehead atoms. The maximum absolute atomic E-state index is 12.9. The van der Waals surface area contributed by atoms with Crippen molar-refractivity contribution in [1.82, 2.24) is 19.7 Å². The Balaban J connectivity index is 1.52. The van der Waals surface area contributed by atoms with Crippen LogP contribution in [0.15, 0.2) is 54.6 Å². The molecular formula is C21H22N4O2. The summed E-state index contributed by atoms with van der Waals surface area (Å²) in [5, 5.41) is 18.6. The van der Waals surface area contributed by atoms with Crippen molar-refractivity contribution in [3.05, 3.63) is 77.4 Å². The molecule has 2 heterocycles. The van der Waals surface area contributed by atoms with E-state index in [0.29, 0.717) is 25.9 Å². The molecule has 1 aliphatic rings. The minimum Gasteiger partial charge on any atom is -0.508 e. The molecule has 4 rings (SSSR count). The summed E-state index contributed by atoms with van der Waals surface area (Å²) in [6, 6.07) is 16.9. The van der Waals surface area contributed by atoms with Crippen molar-refractivity contribution in [2.24, 2.45) is 0 Å². The molecule has 138 valence electrons. The number of aromatic nitrogens is 3. The Morgan fingerprint density at radius 1 is 1.04 bits per heavy atom. The van der Waals surface area contributed by atoms with Crippen LogP contribution in [0.25, 0.3) is 0 Å². The Hall–Kier alpha value is -3.15. The van der Waals surface area contributed by atoms with Crippen molar-refractivity contribution in [2.45, 2.75) is 38.9 Å². The van der Waals surface area contributed by atoms with E-state index in [4.69, 9.17) is 0 Å². The van der Waals surface area contributed by atoms with Gasteiger partial charge in [-0.15, -0.1) is 10.2 Å². The van der Waals surface area contributed by atoms with E-state index in [0.717, 1.165) is 22.8 Å². The van der Waals surface area contributed by atoms with Crippen molar-refractivity contribution in [2.75, 3.05) is 0 Å². The molecule has 6 nitrogen and oxygen atoms in total. The van der Waals surface area contributed by atoms with Gasteiger partial charge in [-0.2, -0.15) is 0 Å². The van der Waals surface area contributed by atoms with E-state index in [-0.39, 0.29) is 17.7 Å². The van der Waals surface area contributed by atoms with Crippen LogP contribution in [0.4, 0.5) is 0 Å². The zero-order valence-electron chi connectivity index (χ0n) is 15.2. The van der Waals surface area contributed by atoms with Crippen LogP contribution in [-0.2, 0) is 30.7 Å². The zero-order valence-corrected chi connectivity index (χ0v) is 15.2. The Morgan fingerprint density at radius 2 is 1.78 bits per heavy atom.